The quantitative estimate of drug-likeness (QED) is 0.0557. The van der Waals surface area contributed by atoms with Gasteiger partial charge in [0, 0.05) is 39.1 Å². The molecule has 2 heterocycles. The van der Waals surface area contributed by atoms with Crippen LogP contribution < -0.4 is 37.2 Å². The molecule has 0 aromatic heterocycles. The van der Waals surface area contributed by atoms with Gasteiger partial charge in [0.25, 0.3) is 0 Å². The molecular weight excluding hydrogens is 951 g/mol. The second kappa shape index (κ2) is 28.5. The van der Waals surface area contributed by atoms with E-state index in [1.807, 2.05) is 6.92 Å². The highest BCUT2D eigenvalue weighted by Crippen LogP contribution is 2.35. The molecular formula is C54H93N9O11. The summed E-state index contributed by atoms with van der Waals surface area (Å²) >= 11 is 0. The van der Waals surface area contributed by atoms with Gasteiger partial charge in [-0.15, -0.1) is 6.58 Å². The number of ether oxygens (including phenoxy) is 3. The molecule has 1 aliphatic carbocycles. The molecule has 420 valence electrons. The van der Waals surface area contributed by atoms with E-state index in [1.165, 1.54) is 9.80 Å². The van der Waals surface area contributed by atoms with E-state index in [-0.39, 0.29) is 37.3 Å². The van der Waals surface area contributed by atoms with Gasteiger partial charge in [-0.3, -0.25) is 24.0 Å². The summed E-state index contributed by atoms with van der Waals surface area (Å²) in [5.41, 5.74) is -3.74. The summed E-state index contributed by atoms with van der Waals surface area (Å²) in [6.07, 6.45) is 9.55. The first kappa shape index (κ1) is 62.9. The maximum atomic E-state index is 14.9. The molecule has 3 rings (SSSR count). The third-order valence-electron chi connectivity index (χ3n) is 14.2. The van der Waals surface area contributed by atoms with Gasteiger partial charge >= 0.3 is 18.2 Å². The first-order valence-electron chi connectivity index (χ1n) is 27.0. The van der Waals surface area contributed by atoms with Gasteiger partial charge in [-0.1, -0.05) is 96.8 Å². The van der Waals surface area contributed by atoms with Crippen molar-refractivity contribution in [3.63, 3.8) is 0 Å². The van der Waals surface area contributed by atoms with Gasteiger partial charge in [-0.05, 0) is 87.0 Å². The number of likely N-dealkylation sites (tertiary alicyclic amines) is 1. The molecule has 1 saturated carbocycles. The number of hydrogen-bond acceptors (Lipinski definition) is 11. The minimum Gasteiger partial charge on any atom is -0.444 e. The first-order valence-corrected chi connectivity index (χ1v) is 27.0. The minimum absolute atomic E-state index is 0.0633. The fourth-order valence-corrected chi connectivity index (χ4v) is 9.38. The van der Waals surface area contributed by atoms with Gasteiger partial charge in [0.05, 0.1) is 30.2 Å². The second-order valence-electron chi connectivity index (χ2n) is 22.9. The molecule has 0 bridgehead atoms. The van der Waals surface area contributed by atoms with E-state index in [0.29, 0.717) is 50.8 Å². The number of nitrogens with one attached hydrogen (secondary N) is 7. The van der Waals surface area contributed by atoms with Crippen molar-refractivity contribution in [1.82, 2.24) is 47.0 Å². The molecule has 7 N–H and O–H groups in total. The lowest BCUT2D eigenvalue weighted by Crippen LogP contribution is -2.64. The lowest BCUT2D eigenvalue weighted by atomic mass is 9.81. The average Bonchev–Trinajstić information content (AvgIpc) is 3.59. The van der Waals surface area contributed by atoms with Gasteiger partial charge in [-0.25, -0.2) is 14.4 Å². The third kappa shape index (κ3) is 19.4. The number of nitrogens with zero attached hydrogens (tertiary/aromatic N) is 2. The van der Waals surface area contributed by atoms with Crippen LogP contribution in [0.2, 0.25) is 0 Å². The number of alkyl carbamates (subject to hydrolysis) is 2. The Balaban J connectivity index is 2.16. The van der Waals surface area contributed by atoms with Gasteiger partial charge in [0.15, 0.2) is 0 Å². The van der Waals surface area contributed by atoms with E-state index >= 15 is 0 Å². The SMILES string of the molecule is C=CC1(CCCCCC)OC[C@@](C)(C(=C)C)NC(=O)[C@H](CNC(=O)N2CC(CNC(=O)OC(C)(C)C)C2)NC(=O)[C@H](CNC(=O)OC(C)(C)C)NC(=O)[C@H](C2CCCCCC2)NC(=O)[C@H](CCC)N(C)C(=O)[C@@H]1C. The fraction of sp³-hybridized carbons (Fsp3) is 0.778. The zero-order valence-corrected chi connectivity index (χ0v) is 46.9. The van der Waals surface area contributed by atoms with Crippen LogP contribution in [-0.2, 0) is 38.2 Å². The molecule has 74 heavy (non-hydrogen) atoms. The molecule has 0 radical (unpaired) electrons. The zero-order chi connectivity index (χ0) is 55.6. The number of carbonyl (C=O) groups is 8. The van der Waals surface area contributed by atoms with Crippen molar-refractivity contribution in [2.75, 3.05) is 46.4 Å². The summed E-state index contributed by atoms with van der Waals surface area (Å²) in [6.45, 7) is 27.6. The maximum Gasteiger partial charge on any atom is 0.407 e. The van der Waals surface area contributed by atoms with Gasteiger partial charge in [0.2, 0.25) is 29.5 Å². The smallest absolute Gasteiger partial charge is 0.407 e. The van der Waals surface area contributed by atoms with Crippen LogP contribution in [-0.4, -0.2) is 150 Å². The summed E-state index contributed by atoms with van der Waals surface area (Å²) in [5.74, 6) is -4.53. The Bertz CT molecular complexity index is 1960. The number of rotatable bonds is 16. The van der Waals surface area contributed by atoms with Crippen molar-refractivity contribution >= 4 is 47.8 Å². The Morgan fingerprint density at radius 3 is 1.86 bits per heavy atom. The summed E-state index contributed by atoms with van der Waals surface area (Å²) in [7, 11) is 1.58. The monoisotopic (exact) mass is 1040 g/mol. The summed E-state index contributed by atoms with van der Waals surface area (Å²) in [6, 6.07) is -5.69. The number of hydrogen-bond donors (Lipinski definition) is 7. The molecule has 0 spiro atoms. The summed E-state index contributed by atoms with van der Waals surface area (Å²) < 4.78 is 17.7. The predicted molar refractivity (Wildman–Crippen MR) is 284 cm³/mol. The standard InChI is InChI=1S/C54H93N9O11/c1-15-18-19-24-28-54(17-3)36(6)47(68)62(14)41(25-16-2)45(66)60-42(38-26-22-20-21-23-27-38)46(67)59-39(31-57-50(71)74-52(10,11)12)43(64)58-40(44(65)61-53(13,34-72-54)35(4)5)30-55-48(69)63-32-37(33-63)29-56-49(70)73-51(7,8)9/h17,36-42H,3-4,15-16,18-34H2,1-2,5-14H3,(H,55,69)(H,56,70)(H,57,71)(H,58,64)(H,59,67)(H,60,66)(H,61,65)/t36-,39-,40-,41-,42-,53-,54?/m0/s1. The van der Waals surface area contributed by atoms with E-state index in [2.05, 4.69) is 57.3 Å². The molecule has 9 amide bonds. The first-order chi connectivity index (χ1) is 34.6. The fourth-order valence-electron chi connectivity index (χ4n) is 9.38. The van der Waals surface area contributed by atoms with Crippen LogP contribution in [0.3, 0.4) is 0 Å². The highest BCUT2D eigenvalue weighted by Gasteiger charge is 2.45. The Morgan fingerprint density at radius 1 is 0.770 bits per heavy atom. The topological polar surface area (TPSA) is 255 Å². The Morgan fingerprint density at radius 2 is 1.32 bits per heavy atom. The van der Waals surface area contributed by atoms with Gasteiger partial charge < -0.3 is 61.2 Å². The number of amides is 9. The van der Waals surface area contributed by atoms with Crippen LogP contribution in [0.25, 0.3) is 0 Å². The van der Waals surface area contributed by atoms with Crippen molar-refractivity contribution < 1.29 is 52.6 Å². The molecule has 2 saturated heterocycles. The molecule has 3 aliphatic rings. The van der Waals surface area contributed by atoms with E-state index in [4.69, 9.17) is 14.2 Å². The molecule has 20 nitrogen and oxygen atoms in total. The molecule has 0 aromatic rings. The van der Waals surface area contributed by atoms with Gasteiger partial charge in [-0.2, -0.15) is 0 Å². The third-order valence-corrected chi connectivity index (χ3v) is 14.2. The van der Waals surface area contributed by atoms with Crippen LogP contribution in [0, 0.1) is 17.8 Å². The Hall–Kier alpha value is -5.40. The molecule has 7 atom stereocenters. The largest absolute Gasteiger partial charge is 0.444 e. The van der Waals surface area contributed by atoms with Crippen LogP contribution in [0.5, 0.6) is 0 Å². The van der Waals surface area contributed by atoms with Crippen LogP contribution in [0.1, 0.15) is 160 Å². The predicted octanol–water partition coefficient (Wildman–Crippen LogP) is 5.74. The number of carbonyl (C=O) groups excluding carboxylic acids is 8. The van der Waals surface area contributed by atoms with Crippen molar-refractivity contribution in [2.24, 2.45) is 17.8 Å². The number of urea groups is 1. The van der Waals surface area contributed by atoms with Gasteiger partial charge in [0.1, 0.15) is 35.4 Å². The van der Waals surface area contributed by atoms with E-state index < -0.39 is 107 Å². The highest BCUT2D eigenvalue weighted by molar-refractivity contribution is 5.96. The van der Waals surface area contributed by atoms with Crippen molar-refractivity contribution in [1.29, 1.82) is 0 Å². The second-order valence-corrected chi connectivity index (χ2v) is 22.9. The van der Waals surface area contributed by atoms with Crippen molar-refractivity contribution in [3.8, 4) is 0 Å². The van der Waals surface area contributed by atoms with Crippen LogP contribution >= 0.6 is 0 Å². The molecule has 2 aliphatic heterocycles. The highest BCUT2D eigenvalue weighted by atomic mass is 16.6. The number of unbranched alkanes of at least 4 members (excludes halogenated alkanes) is 3. The molecule has 20 heteroatoms. The van der Waals surface area contributed by atoms with Crippen molar-refractivity contribution in [3.05, 3.63) is 24.8 Å². The average molecular weight is 1040 g/mol. The molecule has 3 fully saturated rings. The molecule has 1 unspecified atom stereocenters. The lowest BCUT2D eigenvalue weighted by molar-refractivity contribution is -0.152. The Kier molecular flexibility index (Phi) is 24.2. The minimum atomic E-state index is -1.53. The number of likely N-dealkylation sites (N-methyl/N-ethyl adjacent to an activating group) is 1. The van der Waals surface area contributed by atoms with E-state index in [1.54, 1.807) is 75.4 Å². The lowest BCUT2D eigenvalue weighted by Gasteiger charge is -2.42. The normalized spacial score (nSPS) is 26.8. The Labute approximate surface area is 441 Å². The zero-order valence-electron chi connectivity index (χ0n) is 46.9. The van der Waals surface area contributed by atoms with E-state index in [9.17, 15) is 38.4 Å². The van der Waals surface area contributed by atoms with Crippen molar-refractivity contribution in [2.45, 2.75) is 206 Å². The summed E-state index contributed by atoms with van der Waals surface area (Å²) in [5, 5.41) is 19.6. The maximum absolute atomic E-state index is 14.9. The van der Waals surface area contributed by atoms with Crippen LogP contribution in [0.15, 0.2) is 24.8 Å². The van der Waals surface area contributed by atoms with Crippen LogP contribution in [0.4, 0.5) is 14.4 Å². The summed E-state index contributed by atoms with van der Waals surface area (Å²) in [4.78, 5) is 116. The van der Waals surface area contributed by atoms with E-state index in [0.717, 1.165) is 44.9 Å². The molecule has 0 aromatic carbocycles.